The van der Waals surface area contributed by atoms with Gasteiger partial charge >= 0.3 is 11.8 Å². The van der Waals surface area contributed by atoms with E-state index >= 15 is 0 Å². The van der Waals surface area contributed by atoms with Gasteiger partial charge in [0, 0.05) is 11.8 Å². The van der Waals surface area contributed by atoms with Crippen LogP contribution in [0.15, 0.2) is 84.9 Å². The zero-order chi connectivity index (χ0) is 18.4. The minimum absolute atomic E-state index is 0.00894. The number of phenolic OH excluding ortho intramolecular Hbond substituents is 1. The van der Waals surface area contributed by atoms with Crippen molar-refractivity contribution in [2.24, 2.45) is 0 Å². The van der Waals surface area contributed by atoms with Crippen LogP contribution in [0.4, 0.5) is 5.69 Å². The fourth-order valence-corrected chi connectivity index (χ4v) is 2.62. The Morgan fingerprint density at radius 2 is 1.31 bits per heavy atom. The second kappa shape index (κ2) is 7.98. The van der Waals surface area contributed by atoms with E-state index in [0.717, 1.165) is 11.1 Å². The molecular weight excluding hydrogens is 328 g/mol. The van der Waals surface area contributed by atoms with Crippen LogP contribution in [0.2, 0.25) is 0 Å². The maximum atomic E-state index is 12.4. The lowest BCUT2D eigenvalue weighted by Gasteiger charge is -2.19. The van der Waals surface area contributed by atoms with Gasteiger partial charge in [-0.15, -0.1) is 0 Å². The van der Waals surface area contributed by atoms with Gasteiger partial charge in [0.05, 0.1) is 6.04 Å². The van der Waals surface area contributed by atoms with Crippen LogP contribution in [0.3, 0.4) is 0 Å². The van der Waals surface area contributed by atoms with Gasteiger partial charge in [0.15, 0.2) is 0 Å². The van der Waals surface area contributed by atoms with E-state index in [4.69, 9.17) is 0 Å². The average Bonchev–Trinajstić information content (AvgIpc) is 2.67. The highest BCUT2D eigenvalue weighted by Gasteiger charge is 2.21. The van der Waals surface area contributed by atoms with Gasteiger partial charge in [0.2, 0.25) is 0 Å². The van der Waals surface area contributed by atoms with Crippen molar-refractivity contribution in [3.63, 3.8) is 0 Å². The molecule has 0 spiro atoms. The number of rotatable bonds is 4. The van der Waals surface area contributed by atoms with E-state index in [2.05, 4.69) is 10.6 Å². The van der Waals surface area contributed by atoms with Gasteiger partial charge in [-0.25, -0.2) is 0 Å². The highest BCUT2D eigenvalue weighted by Crippen LogP contribution is 2.22. The van der Waals surface area contributed by atoms with E-state index in [1.165, 1.54) is 12.1 Å². The van der Waals surface area contributed by atoms with Crippen molar-refractivity contribution in [3.8, 4) is 5.75 Å². The summed E-state index contributed by atoms with van der Waals surface area (Å²) >= 11 is 0. The molecule has 5 heteroatoms. The Bertz CT molecular complexity index is 856. The van der Waals surface area contributed by atoms with Crippen LogP contribution >= 0.6 is 0 Å². The topological polar surface area (TPSA) is 78.4 Å². The Morgan fingerprint density at radius 1 is 0.731 bits per heavy atom. The molecule has 0 fully saturated rings. The lowest BCUT2D eigenvalue weighted by molar-refractivity contribution is -0.136. The number of hydrogen-bond acceptors (Lipinski definition) is 3. The van der Waals surface area contributed by atoms with Gasteiger partial charge in [-0.2, -0.15) is 0 Å². The van der Waals surface area contributed by atoms with E-state index in [1.54, 1.807) is 12.1 Å². The van der Waals surface area contributed by atoms with Crippen molar-refractivity contribution >= 4 is 17.5 Å². The highest BCUT2D eigenvalue weighted by molar-refractivity contribution is 6.39. The molecule has 0 bridgehead atoms. The first kappa shape index (κ1) is 17.2. The first-order valence-electron chi connectivity index (χ1n) is 8.14. The molecule has 3 rings (SSSR count). The van der Waals surface area contributed by atoms with Gasteiger partial charge < -0.3 is 15.7 Å². The van der Waals surface area contributed by atoms with Crippen LogP contribution in [0, 0.1) is 0 Å². The molecule has 0 radical (unpaired) electrons. The number of benzene rings is 3. The van der Waals surface area contributed by atoms with Gasteiger partial charge in [-0.3, -0.25) is 9.59 Å². The maximum absolute atomic E-state index is 12.4. The maximum Gasteiger partial charge on any atom is 0.313 e. The minimum Gasteiger partial charge on any atom is -0.508 e. The second-order valence-electron chi connectivity index (χ2n) is 5.73. The first-order valence-corrected chi connectivity index (χ1v) is 8.14. The summed E-state index contributed by atoms with van der Waals surface area (Å²) in [6, 6.07) is 24.5. The largest absolute Gasteiger partial charge is 0.508 e. The number of carbonyl (C=O) groups is 2. The zero-order valence-electron chi connectivity index (χ0n) is 13.9. The molecule has 130 valence electrons. The van der Waals surface area contributed by atoms with Gasteiger partial charge in [-0.1, -0.05) is 66.7 Å². The number of carbonyl (C=O) groups excluding carboxylic acids is 2. The summed E-state index contributed by atoms with van der Waals surface area (Å²) in [5, 5.41) is 14.7. The Hall–Kier alpha value is -3.60. The molecule has 0 aromatic heterocycles. The smallest absolute Gasteiger partial charge is 0.313 e. The van der Waals surface area contributed by atoms with Gasteiger partial charge in [0.1, 0.15) is 5.75 Å². The molecule has 3 aromatic carbocycles. The highest BCUT2D eigenvalue weighted by atomic mass is 16.3. The van der Waals surface area contributed by atoms with Crippen molar-refractivity contribution in [2.45, 2.75) is 6.04 Å². The molecule has 0 aliphatic carbocycles. The Kier molecular flexibility index (Phi) is 5.29. The summed E-state index contributed by atoms with van der Waals surface area (Å²) in [7, 11) is 0. The van der Waals surface area contributed by atoms with E-state index in [-0.39, 0.29) is 5.75 Å². The van der Waals surface area contributed by atoms with E-state index in [1.807, 2.05) is 60.7 Å². The molecule has 0 aliphatic rings. The van der Waals surface area contributed by atoms with Crippen LogP contribution in [0.5, 0.6) is 5.75 Å². The third-order valence-electron chi connectivity index (χ3n) is 3.85. The van der Waals surface area contributed by atoms with Crippen LogP contribution < -0.4 is 10.6 Å². The second-order valence-corrected chi connectivity index (χ2v) is 5.73. The standard InChI is InChI=1S/C21H18N2O3/c24-18-13-7-12-17(14-18)22-20(25)21(26)23-19(15-8-3-1-4-9-15)16-10-5-2-6-11-16/h1-14,19,24H,(H,22,25)(H,23,26). The number of amides is 2. The molecule has 5 nitrogen and oxygen atoms in total. The average molecular weight is 346 g/mol. The fraction of sp³-hybridized carbons (Fsp3) is 0.0476. The van der Waals surface area contributed by atoms with Crippen molar-refractivity contribution in [1.82, 2.24) is 5.32 Å². The summed E-state index contributed by atoms with van der Waals surface area (Å²) in [4.78, 5) is 24.6. The van der Waals surface area contributed by atoms with Crippen LogP contribution in [0.1, 0.15) is 17.2 Å². The van der Waals surface area contributed by atoms with Gasteiger partial charge in [-0.05, 0) is 23.3 Å². The van der Waals surface area contributed by atoms with Crippen LogP contribution in [-0.2, 0) is 9.59 Å². The lowest BCUT2D eigenvalue weighted by Crippen LogP contribution is -2.38. The molecule has 26 heavy (non-hydrogen) atoms. The first-order chi connectivity index (χ1) is 12.6. The zero-order valence-corrected chi connectivity index (χ0v) is 13.9. The summed E-state index contributed by atoms with van der Waals surface area (Å²) in [6.45, 7) is 0. The fourth-order valence-electron chi connectivity index (χ4n) is 2.62. The number of phenols is 1. The van der Waals surface area contributed by atoms with E-state index < -0.39 is 17.9 Å². The molecule has 0 aliphatic heterocycles. The Labute approximate surface area is 151 Å². The minimum atomic E-state index is -0.799. The van der Waals surface area contributed by atoms with Crippen molar-refractivity contribution in [1.29, 1.82) is 0 Å². The Balaban J connectivity index is 1.78. The van der Waals surface area contributed by atoms with Crippen LogP contribution in [0.25, 0.3) is 0 Å². The predicted molar refractivity (Wildman–Crippen MR) is 99.6 cm³/mol. The molecule has 0 unspecified atom stereocenters. The summed E-state index contributed by atoms with van der Waals surface area (Å²) < 4.78 is 0. The number of hydrogen-bond donors (Lipinski definition) is 3. The Morgan fingerprint density at radius 3 is 1.85 bits per heavy atom. The van der Waals surface area contributed by atoms with E-state index in [9.17, 15) is 14.7 Å². The van der Waals surface area contributed by atoms with Crippen molar-refractivity contribution < 1.29 is 14.7 Å². The summed E-state index contributed by atoms with van der Waals surface area (Å²) in [5.41, 5.74) is 2.09. The SMILES string of the molecule is O=C(Nc1cccc(O)c1)C(=O)NC(c1ccccc1)c1ccccc1. The molecule has 0 saturated heterocycles. The van der Waals surface area contributed by atoms with Crippen LogP contribution in [-0.4, -0.2) is 16.9 Å². The number of nitrogens with one attached hydrogen (secondary N) is 2. The third-order valence-corrected chi connectivity index (χ3v) is 3.85. The lowest BCUT2D eigenvalue weighted by atomic mass is 9.99. The molecule has 0 atom stereocenters. The summed E-state index contributed by atoms with van der Waals surface area (Å²) in [6.07, 6.45) is 0. The summed E-state index contributed by atoms with van der Waals surface area (Å²) in [5.74, 6) is -1.55. The molecular formula is C21H18N2O3. The molecule has 0 saturated carbocycles. The van der Waals surface area contributed by atoms with E-state index in [0.29, 0.717) is 5.69 Å². The van der Waals surface area contributed by atoms with Gasteiger partial charge in [0.25, 0.3) is 0 Å². The monoisotopic (exact) mass is 346 g/mol. The molecule has 3 N–H and O–H groups in total. The normalized spacial score (nSPS) is 10.3. The molecule has 0 heterocycles. The predicted octanol–water partition coefficient (Wildman–Crippen LogP) is 3.24. The molecule has 2 amide bonds. The van der Waals surface area contributed by atoms with Crippen molar-refractivity contribution in [2.75, 3.05) is 5.32 Å². The number of aromatic hydroxyl groups is 1. The number of anilines is 1. The molecule has 3 aromatic rings. The third kappa shape index (κ3) is 4.27. The van der Waals surface area contributed by atoms with Crippen molar-refractivity contribution in [3.05, 3.63) is 96.1 Å². The quantitative estimate of drug-likeness (QED) is 0.635.